The molecule has 5 N–H and O–H groups in total. The van der Waals surface area contributed by atoms with Gasteiger partial charge in [-0.1, -0.05) is 26.0 Å². The molecule has 4 heteroatoms. The van der Waals surface area contributed by atoms with Gasteiger partial charge in [-0.25, -0.2) is 0 Å². The lowest BCUT2D eigenvalue weighted by molar-refractivity contribution is -0.814. The molecule has 0 aliphatic carbocycles. The van der Waals surface area contributed by atoms with E-state index in [1.807, 2.05) is 12.1 Å². The molecule has 4 nitrogen and oxygen atoms in total. The molecule has 1 aromatic rings. The van der Waals surface area contributed by atoms with E-state index in [0.717, 1.165) is 5.75 Å². The predicted octanol–water partition coefficient (Wildman–Crippen LogP) is 1.40. The molecule has 25 heavy (non-hydrogen) atoms. The predicted molar refractivity (Wildman–Crippen MR) is 102 cm³/mol. The Balaban J connectivity index is 1.76. The molecule has 0 radical (unpaired) electrons. The van der Waals surface area contributed by atoms with Crippen LogP contribution in [0, 0.1) is 0 Å². The molecule has 0 bridgehead atoms. The summed E-state index contributed by atoms with van der Waals surface area (Å²) in [6, 6.07) is 8.75. The first-order valence-corrected chi connectivity index (χ1v) is 9.67. The maximum absolute atomic E-state index is 10.3. The number of nitrogens with two attached hydrogens (primary N) is 2. The van der Waals surface area contributed by atoms with E-state index in [0.29, 0.717) is 25.1 Å². The molecule has 0 saturated carbocycles. The highest BCUT2D eigenvalue weighted by molar-refractivity contribution is 5.28. The van der Waals surface area contributed by atoms with Crippen molar-refractivity contribution in [3.05, 3.63) is 29.8 Å². The Morgan fingerprint density at radius 1 is 1.12 bits per heavy atom. The highest BCUT2D eigenvalue weighted by Gasteiger charge is 2.43. The van der Waals surface area contributed by atoms with Gasteiger partial charge in [0.15, 0.2) is 0 Å². The highest BCUT2D eigenvalue weighted by atomic mass is 16.5. The van der Waals surface area contributed by atoms with Crippen molar-refractivity contribution in [1.29, 1.82) is 0 Å². The summed E-state index contributed by atoms with van der Waals surface area (Å²) in [6.07, 6.45) is 1.89. The third kappa shape index (κ3) is 6.61. The number of hydrogen-bond donors (Lipinski definition) is 3. The van der Waals surface area contributed by atoms with Crippen LogP contribution < -0.4 is 15.4 Å². The number of benzene rings is 1. The minimum atomic E-state index is -0.443. The molecular weight excluding hydrogens is 312 g/mol. The van der Waals surface area contributed by atoms with Crippen molar-refractivity contribution in [2.45, 2.75) is 83.5 Å². The van der Waals surface area contributed by atoms with Crippen molar-refractivity contribution in [2.24, 2.45) is 0 Å². The van der Waals surface area contributed by atoms with Crippen LogP contribution in [0.5, 0.6) is 5.75 Å². The molecule has 1 saturated heterocycles. The van der Waals surface area contributed by atoms with Crippen LogP contribution in [0.2, 0.25) is 0 Å². The Morgan fingerprint density at radius 3 is 2.20 bits per heavy atom. The molecule has 0 unspecified atom stereocenters. The molecule has 1 aromatic carbocycles. The molecule has 1 atom stereocenters. The van der Waals surface area contributed by atoms with E-state index < -0.39 is 6.10 Å². The largest absolute Gasteiger partial charge is 0.491 e. The van der Waals surface area contributed by atoms with E-state index in [4.69, 9.17) is 4.74 Å². The van der Waals surface area contributed by atoms with E-state index in [2.05, 4.69) is 64.3 Å². The second-order valence-corrected chi connectivity index (χ2v) is 9.45. The van der Waals surface area contributed by atoms with Crippen molar-refractivity contribution >= 4 is 0 Å². The average molecular weight is 351 g/mol. The van der Waals surface area contributed by atoms with Gasteiger partial charge >= 0.3 is 0 Å². The quantitative estimate of drug-likeness (QED) is 0.696. The normalized spacial score (nSPS) is 21.3. The average Bonchev–Trinajstić information content (AvgIpc) is 2.48. The molecule has 2 rings (SSSR count). The minimum absolute atomic E-state index is 0.266. The van der Waals surface area contributed by atoms with Crippen molar-refractivity contribution in [1.82, 2.24) is 0 Å². The first kappa shape index (κ1) is 20.2. The van der Waals surface area contributed by atoms with Crippen LogP contribution >= 0.6 is 0 Å². The Hall–Kier alpha value is -1.10. The summed E-state index contributed by atoms with van der Waals surface area (Å²) in [5.74, 6) is 1.36. The molecule has 1 heterocycles. The second kappa shape index (κ2) is 8.07. The van der Waals surface area contributed by atoms with Gasteiger partial charge in [-0.05, 0) is 51.3 Å². The van der Waals surface area contributed by atoms with E-state index in [1.54, 1.807) is 0 Å². The molecule has 0 aromatic heterocycles. The third-order valence-electron chi connectivity index (χ3n) is 5.09. The standard InChI is InChI=1S/C21H36N2O2/c1-15(2)16-7-9-19(10-8-16)25-14-18(24)13-22-17-11-20(3,4)23-21(5,6)12-17/h7-10,15,17-18,22-24H,11-14H2,1-6H3/p+2/t18-/m1/s1. The van der Waals surface area contributed by atoms with Gasteiger partial charge in [0.05, 0.1) is 30.0 Å². The zero-order valence-electron chi connectivity index (χ0n) is 16.9. The number of quaternary nitrogens is 2. The summed E-state index contributed by atoms with van der Waals surface area (Å²) in [4.78, 5) is 0. The van der Waals surface area contributed by atoms with Gasteiger partial charge in [0.25, 0.3) is 0 Å². The summed E-state index contributed by atoms with van der Waals surface area (Å²) in [5, 5.41) is 15.1. The van der Waals surface area contributed by atoms with Crippen LogP contribution in [0.25, 0.3) is 0 Å². The van der Waals surface area contributed by atoms with Gasteiger partial charge in [-0.15, -0.1) is 0 Å². The van der Waals surface area contributed by atoms with E-state index in [9.17, 15) is 5.11 Å². The lowest BCUT2D eigenvalue weighted by Crippen LogP contribution is -3.09. The summed E-state index contributed by atoms with van der Waals surface area (Å²) in [6.45, 7) is 14.7. The second-order valence-electron chi connectivity index (χ2n) is 9.45. The van der Waals surface area contributed by atoms with Gasteiger partial charge in [0.2, 0.25) is 0 Å². The highest BCUT2D eigenvalue weighted by Crippen LogP contribution is 2.20. The SMILES string of the molecule is CC(C)c1ccc(OC[C@H](O)C[NH2+]C2CC(C)(C)[NH2+]C(C)(C)C2)cc1. The van der Waals surface area contributed by atoms with Crippen molar-refractivity contribution < 1.29 is 20.5 Å². The fourth-order valence-corrected chi connectivity index (χ4v) is 4.32. The van der Waals surface area contributed by atoms with Crippen molar-refractivity contribution in [3.63, 3.8) is 0 Å². The number of piperidine rings is 1. The van der Waals surface area contributed by atoms with E-state index in [1.165, 1.54) is 18.4 Å². The number of hydrogen-bond acceptors (Lipinski definition) is 2. The Bertz CT molecular complexity index is 521. The number of aliphatic hydroxyl groups excluding tert-OH is 1. The van der Waals surface area contributed by atoms with Gasteiger partial charge in [-0.2, -0.15) is 0 Å². The third-order valence-corrected chi connectivity index (χ3v) is 5.09. The van der Waals surface area contributed by atoms with Gasteiger partial charge in [0.1, 0.15) is 25.0 Å². The number of aliphatic hydroxyl groups is 1. The van der Waals surface area contributed by atoms with E-state index >= 15 is 0 Å². The molecule has 0 spiro atoms. The van der Waals surface area contributed by atoms with Crippen molar-refractivity contribution in [2.75, 3.05) is 13.2 Å². The van der Waals surface area contributed by atoms with Crippen LogP contribution in [-0.2, 0) is 0 Å². The lowest BCUT2D eigenvalue weighted by Gasteiger charge is -2.41. The zero-order valence-corrected chi connectivity index (χ0v) is 16.9. The summed E-state index contributed by atoms with van der Waals surface area (Å²) in [5.41, 5.74) is 1.84. The topological polar surface area (TPSA) is 62.7 Å². The summed E-state index contributed by atoms with van der Waals surface area (Å²) in [7, 11) is 0. The number of rotatable bonds is 7. The maximum atomic E-state index is 10.3. The minimum Gasteiger partial charge on any atom is -0.491 e. The monoisotopic (exact) mass is 350 g/mol. The fraction of sp³-hybridized carbons (Fsp3) is 0.714. The summed E-state index contributed by atoms with van der Waals surface area (Å²) >= 11 is 0. The lowest BCUT2D eigenvalue weighted by atomic mass is 9.79. The van der Waals surface area contributed by atoms with Crippen LogP contribution in [0.4, 0.5) is 0 Å². The van der Waals surface area contributed by atoms with Crippen LogP contribution in [0.1, 0.15) is 65.9 Å². The number of ether oxygens (including phenoxy) is 1. The van der Waals surface area contributed by atoms with E-state index in [-0.39, 0.29) is 11.1 Å². The Labute approximate surface area is 153 Å². The molecule has 142 valence electrons. The molecule has 0 amide bonds. The molecule has 1 aliphatic rings. The van der Waals surface area contributed by atoms with Crippen LogP contribution in [0.15, 0.2) is 24.3 Å². The molecule has 1 aliphatic heterocycles. The van der Waals surface area contributed by atoms with Gasteiger partial charge in [-0.3, -0.25) is 0 Å². The molecule has 1 fully saturated rings. The first-order chi connectivity index (χ1) is 11.6. The van der Waals surface area contributed by atoms with Crippen LogP contribution in [-0.4, -0.2) is 41.5 Å². The Morgan fingerprint density at radius 2 is 1.68 bits per heavy atom. The van der Waals surface area contributed by atoms with Crippen LogP contribution in [0.3, 0.4) is 0 Å². The van der Waals surface area contributed by atoms with Crippen molar-refractivity contribution in [3.8, 4) is 5.75 Å². The molecular formula is C21H38N2O2+2. The van der Waals surface area contributed by atoms with Gasteiger partial charge < -0.3 is 20.5 Å². The first-order valence-electron chi connectivity index (χ1n) is 9.67. The Kier molecular flexibility index (Phi) is 6.52. The summed E-state index contributed by atoms with van der Waals surface area (Å²) < 4.78 is 5.75. The maximum Gasteiger partial charge on any atom is 0.137 e. The smallest absolute Gasteiger partial charge is 0.137 e. The zero-order chi connectivity index (χ0) is 18.7. The van der Waals surface area contributed by atoms with Gasteiger partial charge in [0, 0.05) is 0 Å². The fourth-order valence-electron chi connectivity index (χ4n) is 4.32.